The van der Waals surface area contributed by atoms with E-state index in [2.05, 4.69) is 74.7 Å². The van der Waals surface area contributed by atoms with Crippen LogP contribution in [0.3, 0.4) is 0 Å². The zero-order valence-electron chi connectivity index (χ0n) is 37.9. The first-order chi connectivity index (χ1) is 30.8. The normalized spacial score (nSPS) is 22.5. The van der Waals surface area contributed by atoms with Crippen LogP contribution in [-0.2, 0) is 23.9 Å². The van der Waals surface area contributed by atoms with Gasteiger partial charge in [0.1, 0.15) is 18.3 Å². The third-order valence-electron chi connectivity index (χ3n) is 13.4. The third kappa shape index (κ3) is 10.5. The number of ether oxygens (including phenoxy) is 2. The summed E-state index contributed by atoms with van der Waals surface area (Å²) in [5.74, 6) is -0.415. The fourth-order valence-corrected chi connectivity index (χ4v) is 9.74. The van der Waals surface area contributed by atoms with Gasteiger partial charge >= 0.3 is 12.2 Å². The highest BCUT2D eigenvalue weighted by molar-refractivity contribution is 5.99. The number of aliphatic hydroxyl groups is 1. The number of nitrogens with zero attached hydrogens (tertiary/aromatic N) is 3. The van der Waals surface area contributed by atoms with Crippen molar-refractivity contribution in [2.24, 2.45) is 11.8 Å². The van der Waals surface area contributed by atoms with Gasteiger partial charge in [0.25, 0.3) is 0 Å². The smallest absolute Gasteiger partial charge is 0.407 e. The molecule has 7 atom stereocenters. The summed E-state index contributed by atoms with van der Waals surface area (Å²) in [4.78, 5) is 70.8. The predicted octanol–water partition coefficient (Wildman–Crippen LogP) is 7.06. The van der Waals surface area contributed by atoms with Crippen molar-refractivity contribution in [3.8, 4) is 0 Å². The number of hydrogen-bond acceptors (Lipinski definition) is 10. The van der Waals surface area contributed by atoms with Crippen LogP contribution in [0.25, 0.3) is 0 Å². The zero-order chi connectivity index (χ0) is 45.7. The van der Waals surface area contributed by atoms with Gasteiger partial charge in [0, 0.05) is 30.2 Å². The molecule has 3 aromatic rings. The van der Waals surface area contributed by atoms with E-state index in [4.69, 9.17) is 9.47 Å². The van der Waals surface area contributed by atoms with Gasteiger partial charge in [0.2, 0.25) is 17.7 Å². The number of benzene rings is 3. The molecule has 7 unspecified atom stereocenters. The number of rotatable bonds is 15. The van der Waals surface area contributed by atoms with E-state index in [9.17, 15) is 29.1 Å². The fourth-order valence-electron chi connectivity index (χ4n) is 9.74. The van der Waals surface area contributed by atoms with Crippen LogP contribution in [0.5, 0.6) is 0 Å². The predicted molar refractivity (Wildman–Crippen MR) is 245 cm³/mol. The van der Waals surface area contributed by atoms with Crippen molar-refractivity contribution in [3.63, 3.8) is 0 Å². The molecule has 5 amide bonds. The Morgan fingerprint density at radius 2 is 1.11 bits per heavy atom. The minimum atomic E-state index is -1.06. The van der Waals surface area contributed by atoms with E-state index in [-0.39, 0.29) is 41.6 Å². The molecule has 0 bridgehead atoms. The lowest BCUT2D eigenvalue weighted by molar-refractivity contribution is -0.139. The maximum Gasteiger partial charge on any atom is 0.407 e. The van der Waals surface area contributed by atoms with E-state index >= 15 is 0 Å². The number of anilines is 3. The average molecular weight is 880 g/mol. The molecule has 64 heavy (non-hydrogen) atoms. The van der Waals surface area contributed by atoms with Gasteiger partial charge in [-0.1, -0.05) is 64.1 Å². The van der Waals surface area contributed by atoms with Crippen LogP contribution in [0.1, 0.15) is 114 Å². The van der Waals surface area contributed by atoms with Crippen molar-refractivity contribution in [1.82, 2.24) is 20.4 Å². The van der Waals surface area contributed by atoms with Crippen LogP contribution in [0.4, 0.5) is 26.7 Å². The minimum Gasteiger partial charge on any atom is -0.453 e. The summed E-state index contributed by atoms with van der Waals surface area (Å²) in [6.45, 7) is 8.46. The Labute approximate surface area is 376 Å². The lowest BCUT2D eigenvalue weighted by Crippen LogP contribution is -2.57. The fraction of sp³-hybridized carbons (Fsp3) is 0.531. The van der Waals surface area contributed by atoms with Crippen LogP contribution in [0.15, 0.2) is 72.8 Å². The summed E-state index contributed by atoms with van der Waals surface area (Å²) in [7, 11) is 2.54. The molecular weight excluding hydrogens is 815 g/mol. The molecule has 15 nitrogen and oxygen atoms in total. The van der Waals surface area contributed by atoms with Crippen molar-refractivity contribution in [2.75, 3.05) is 42.8 Å². The van der Waals surface area contributed by atoms with Gasteiger partial charge in [-0.3, -0.25) is 19.3 Å². The summed E-state index contributed by atoms with van der Waals surface area (Å²) in [6, 6.07) is 22.5. The van der Waals surface area contributed by atoms with Gasteiger partial charge in [-0.15, -0.1) is 0 Å². The number of hydrogen-bond donors (Lipinski definition) is 5. The molecule has 3 saturated heterocycles. The zero-order valence-corrected chi connectivity index (χ0v) is 37.9. The Morgan fingerprint density at radius 1 is 0.609 bits per heavy atom. The van der Waals surface area contributed by atoms with Gasteiger partial charge in [-0.25, -0.2) is 9.59 Å². The summed E-state index contributed by atoms with van der Waals surface area (Å²) in [5, 5.41) is 22.8. The molecule has 1 aliphatic carbocycles. The molecule has 3 aliphatic heterocycles. The monoisotopic (exact) mass is 879 g/mol. The molecule has 3 aromatic carbocycles. The summed E-state index contributed by atoms with van der Waals surface area (Å²) in [6.07, 6.45) is 4.43. The first-order valence-electron chi connectivity index (χ1n) is 22.9. The maximum atomic E-state index is 13.7. The Balaban J connectivity index is 1.04. The first kappa shape index (κ1) is 46.3. The third-order valence-corrected chi connectivity index (χ3v) is 13.4. The number of carbonyl (C=O) groups excluding carboxylic acids is 5. The second kappa shape index (κ2) is 20.4. The summed E-state index contributed by atoms with van der Waals surface area (Å²) < 4.78 is 9.53. The number of nitrogens with one attached hydrogen (secondary N) is 4. The molecule has 344 valence electrons. The second-order valence-electron chi connectivity index (χ2n) is 18.4. The molecule has 1 saturated carbocycles. The number of carbonyl (C=O) groups is 5. The van der Waals surface area contributed by atoms with Crippen molar-refractivity contribution >= 4 is 47.0 Å². The van der Waals surface area contributed by atoms with Crippen molar-refractivity contribution in [2.45, 2.75) is 127 Å². The molecule has 3 heterocycles. The Hall–Kier alpha value is -5.67. The Morgan fingerprint density at radius 3 is 1.62 bits per heavy atom. The van der Waals surface area contributed by atoms with E-state index in [1.54, 1.807) is 9.80 Å². The molecule has 4 aliphatic rings. The van der Waals surface area contributed by atoms with E-state index in [0.717, 1.165) is 36.1 Å². The number of aliphatic hydroxyl groups excluding tert-OH is 1. The van der Waals surface area contributed by atoms with Crippen LogP contribution >= 0.6 is 0 Å². The highest BCUT2D eigenvalue weighted by atomic mass is 16.5. The topological polar surface area (TPSA) is 182 Å². The lowest BCUT2D eigenvalue weighted by atomic mass is 10.0. The van der Waals surface area contributed by atoms with Gasteiger partial charge in [-0.2, -0.15) is 0 Å². The van der Waals surface area contributed by atoms with Crippen LogP contribution in [0.2, 0.25) is 0 Å². The molecule has 4 fully saturated rings. The number of methoxy groups -OCH3 is 2. The maximum absolute atomic E-state index is 13.7. The highest BCUT2D eigenvalue weighted by Gasteiger charge is 2.41. The lowest BCUT2D eigenvalue weighted by Gasteiger charge is -2.36. The first-order valence-corrected chi connectivity index (χ1v) is 22.9. The molecule has 0 aromatic heterocycles. The largest absolute Gasteiger partial charge is 0.453 e. The molecule has 15 heteroatoms. The second-order valence-corrected chi connectivity index (χ2v) is 18.4. The molecule has 7 rings (SSSR count). The van der Waals surface area contributed by atoms with Crippen molar-refractivity contribution in [3.05, 3.63) is 89.5 Å². The molecule has 0 radical (unpaired) electrons. The SMILES string of the molecule is COC(=O)NC(C(=O)N1CCCC1C(=O)Nc1ccc(C2CCC(c3ccc(NC(=O)C4CCCN4C(O)C(NC(=O)OC)C(C)C)cc3)N2c2ccc(C3CC3)cc2)cc1)C(C)C. The van der Waals surface area contributed by atoms with Gasteiger partial charge < -0.3 is 45.6 Å². The quantitative estimate of drug-likeness (QED) is 0.106. The number of likely N-dealkylation sites (tertiary alicyclic amines) is 2. The van der Waals surface area contributed by atoms with Gasteiger partial charge in [0.15, 0.2) is 0 Å². The standard InChI is InChI=1S/C49H65N7O8/c1-29(2)42(52-48(61)63-5)46(59)54-27-7-9-40(54)44(57)50-35-19-13-33(14-20-35)38-25-26-39(56(38)37-23-17-32(18-24-37)31-11-12-31)34-15-21-36(22-16-34)51-45(58)41-10-8-28-55(41)47(60)43(30(3)4)53-49(62)64-6/h13-24,29-31,38-43,46,59H,7-12,25-28H2,1-6H3,(H,50,57)(H,51,58)(H,52,61)(H,53,62). The van der Waals surface area contributed by atoms with Crippen LogP contribution in [0, 0.1) is 11.8 Å². The minimum absolute atomic E-state index is 0.0576. The summed E-state index contributed by atoms with van der Waals surface area (Å²) in [5.41, 5.74) is 6.04. The molecule has 5 N–H and O–H groups in total. The van der Waals surface area contributed by atoms with Crippen LogP contribution < -0.4 is 26.2 Å². The molecular formula is C49H65N7O8. The van der Waals surface area contributed by atoms with E-state index < -0.39 is 42.6 Å². The van der Waals surface area contributed by atoms with E-state index in [1.165, 1.54) is 32.6 Å². The molecule has 0 spiro atoms. The Kier molecular flexibility index (Phi) is 14.8. The van der Waals surface area contributed by atoms with Gasteiger partial charge in [0.05, 0.1) is 38.4 Å². The van der Waals surface area contributed by atoms with E-state index in [0.29, 0.717) is 49.6 Å². The van der Waals surface area contributed by atoms with Crippen LogP contribution in [-0.4, -0.2) is 103 Å². The number of alkyl carbamates (subject to hydrolysis) is 2. The van der Waals surface area contributed by atoms with Gasteiger partial charge in [-0.05, 0) is 122 Å². The highest BCUT2D eigenvalue weighted by Crippen LogP contribution is 2.48. The number of amides is 5. The Bertz CT molecular complexity index is 2110. The van der Waals surface area contributed by atoms with Crippen molar-refractivity contribution < 1.29 is 38.6 Å². The van der Waals surface area contributed by atoms with E-state index in [1.807, 2.05) is 52.0 Å². The van der Waals surface area contributed by atoms with Crippen molar-refractivity contribution in [1.29, 1.82) is 0 Å². The average Bonchev–Trinajstić information content (AvgIpc) is 3.62. The summed E-state index contributed by atoms with van der Waals surface area (Å²) >= 11 is 0.